The van der Waals surface area contributed by atoms with Crippen molar-refractivity contribution in [3.05, 3.63) is 99.5 Å². The monoisotopic (exact) mass is 362 g/mol. The summed E-state index contributed by atoms with van der Waals surface area (Å²) in [5, 5.41) is 2.84. The molecule has 0 fully saturated rings. The van der Waals surface area contributed by atoms with Gasteiger partial charge in [-0.15, -0.1) is 0 Å². The van der Waals surface area contributed by atoms with Crippen molar-refractivity contribution in [3.63, 3.8) is 0 Å². The molecule has 0 saturated heterocycles. The Labute approximate surface area is 158 Å². The lowest BCUT2D eigenvalue weighted by atomic mass is 10.1. The smallest absolute Gasteiger partial charge is 0.251 e. The molecule has 0 aliphatic heterocycles. The molecule has 1 heterocycles. The van der Waals surface area contributed by atoms with Gasteiger partial charge in [0.15, 0.2) is 5.75 Å². The van der Waals surface area contributed by atoms with E-state index < -0.39 is 0 Å². The van der Waals surface area contributed by atoms with E-state index in [9.17, 15) is 9.59 Å². The van der Waals surface area contributed by atoms with Gasteiger partial charge in [-0.2, -0.15) is 0 Å². The largest absolute Gasteiger partial charge is 0.483 e. The summed E-state index contributed by atoms with van der Waals surface area (Å²) in [5.41, 5.74) is 3.18. The van der Waals surface area contributed by atoms with Crippen molar-refractivity contribution >= 4 is 5.91 Å². The van der Waals surface area contributed by atoms with E-state index in [-0.39, 0.29) is 23.6 Å². The zero-order valence-corrected chi connectivity index (χ0v) is 15.4. The fourth-order valence-electron chi connectivity index (χ4n) is 2.64. The Kier molecular flexibility index (Phi) is 5.71. The molecule has 3 rings (SSSR count). The van der Waals surface area contributed by atoms with Crippen molar-refractivity contribution in [2.24, 2.45) is 7.05 Å². The molecule has 1 amide bonds. The average Bonchev–Trinajstić information content (AvgIpc) is 2.68. The van der Waals surface area contributed by atoms with Crippen LogP contribution in [0.4, 0.5) is 0 Å². The lowest BCUT2D eigenvalue weighted by Crippen LogP contribution is -2.25. The van der Waals surface area contributed by atoms with Crippen molar-refractivity contribution in [1.82, 2.24) is 9.88 Å². The molecule has 0 aliphatic carbocycles. The minimum atomic E-state index is -0.205. The zero-order valence-electron chi connectivity index (χ0n) is 15.4. The van der Waals surface area contributed by atoms with Gasteiger partial charge >= 0.3 is 0 Å². The molecule has 3 aromatic rings. The van der Waals surface area contributed by atoms with Gasteiger partial charge in [0.25, 0.3) is 5.91 Å². The number of benzene rings is 2. The van der Waals surface area contributed by atoms with E-state index in [4.69, 9.17) is 4.74 Å². The maximum atomic E-state index is 12.3. The number of carbonyl (C=O) groups is 1. The molecular weight excluding hydrogens is 340 g/mol. The van der Waals surface area contributed by atoms with Crippen LogP contribution in [0.15, 0.2) is 71.7 Å². The number of ether oxygens (including phenoxy) is 1. The van der Waals surface area contributed by atoms with E-state index in [0.717, 1.165) is 11.1 Å². The van der Waals surface area contributed by atoms with Crippen molar-refractivity contribution in [1.29, 1.82) is 0 Å². The highest BCUT2D eigenvalue weighted by atomic mass is 16.5. The molecule has 5 heteroatoms. The average molecular weight is 362 g/mol. The maximum Gasteiger partial charge on any atom is 0.251 e. The summed E-state index contributed by atoms with van der Waals surface area (Å²) in [5.74, 6) is 0.113. The summed E-state index contributed by atoms with van der Waals surface area (Å²) in [6, 6.07) is 18.5. The molecule has 2 aromatic carbocycles. The molecule has 0 aliphatic rings. The van der Waals surface area contributed by atoms with Crippen LogP contribution in [0.2, 0.25) is 0 Å². The Balaban J connectivity index is 1.64. The van der Waals surface area contributed by atoms with Gasteiger partial charge < -0.3 is 14.6 Å². The maximum absolute atomic E-state index is 12.3. The molecule has 138 valence electrons. The van der Waals surface area contributed by atoms with Gasteiger partial charge in [0.05, 0.1) is 12.7 Å². The van der Waals surface area contributed by atoms with Crippen LogP contribution >= 0.6 is 0 Å². The summed E-state index contributed by atoms with van der Waals surface area (Å²) >= 11 is 0. The van der Waals surface area contributed by atoms with Crippen LogP contribution in [-0.4, -0.2) is 10.5 Å². The van der Waals surface area contributed by atoms with E-state index in [1.165, 1.54) is 6.07 Å². The van der Waals surface area contributed by atoms with E-state index in [1.807, 2.05) is 56.4 Å². The summed E-state index contributed by atoms with van der Waals surface area (Å²) in [6.07, 6.45) is 1.65. The molecule has 1 N–H and O–H groups in total. The van der Waals surface area contributed by atoms with E-state index in [1.54, 1.807) is 22.9 Å². The molecular formula is C22H22N2O3. The second kappa shape index (κ2) is 8.36. The minimum absolute atomic E-state index is 0.174. The fourth-order valence-corrected chi connectivity index (χ4v) is 2.64. The van der Waals surface area contributed by atoms with Gasteiger partial charge in [0.2, 0.25) is 5.43 Å². The standard InChI is InChI=1S/C22H22N2O3/c1-16-8-10-18(11-9-16)22(26)23-13-19-12-20(25)21(14-24(19)2)27-15-17-6-4-3-5-7-17/h3-12,14H,13,15H2,1-2H3,(H,23,26). The van der Waals surface area contributed by atoms with Crippen LogP contribution in [0.1, 0.15) is 27.2 Å². The first-order valence-electron chi connectivity index (χ1n) is 8.74. The third-order valence-corrected chi connectivity index (χ3v) is 4.29. The number of nitrogens with zero attached hydrogens (tertiary/aromatic N) is 1. The Bertz CT molecular complexity index is 977. The number of aryl methyl sites for hydroxylation is 2. The molecule has 0 atom stereocenters. The Hall–Kier alpha value is -3.34. The second-order valence-electron chi connectivity index (χ2n) is 6.43. The second-order valence-corrected chi connectivity index (χ2v) is 6.43. The Morgan fingerprint density at radius 1 is 1.07 bits per heavy atom. The Morgan fingerprint density at radius 3 is 2.48 bits per heavy atom. The van der Waals surface area contributed by atoms with Crippen molar-refractivity contribution < 1.29 is 9.53 Å². The molecule has 0 radical (unpaired) electrons. The highest BCUT2D eigenvalue weighted by molar-refractivity contribution is 5.94. The van der Waals surface area contributed by atoms with E-state index in [0.29, 0.717) is 17.9 Å². The summed E-state index contributed by atoms with van der Waals surface area (Å²) < 4.78 is 7.43. The predicted octanol–water partition coefficient (Wildman–Crippen LogP) is 3.20. The van der Waals surface area contributed by atoms with Gasteiger partial charge in [-0.05, 0) is 24.6 Å². The number of hydrogen-bond acceptors (Lipinski definition) is 3. The summed E-state index contributed by atoms with van der Waals surface area (Å²) in [6.45, 7) is 2.57. The number of rotatable bonds is 6. The van der Waals surface area contributed by atoms with Crippen LogP contribution < -0.4 is 15.5 Å². The topological polar surface area (TPSA) is 60.3 Å². The molecule has 0 bridgehead atoms. The van der Waals surface area contributed by atoms with Crippen molar-refractivity contribution in [2.75, 3.05) is 0 Å². The first-order valence-corrected chi connectivity index (χ1v) is 8.74. The fraction of sp³-hybridized carbons (Fsp3) is 0.182. The molecule has 0 unspecified atom stereocenters. The highest BCUT2D eigenvalue weighted by Gasteiger charge is 2.09. The SMILES string of the molecule is Cc1ccc(C(=O)NCc2cc(=O)c(OCc3ccccc3)cn2C)cc1. The number of nitrogens with one attached hydrogen (secondary N) is 1. The van der Waals surface area contributed by atoms with Crippen LogP contribution in [0.3, 0.4) is 0 Å². The highest BCUT2D eigenvalue weighted by Crippen LogP contribution is 2.09. The number of amides is 1. The van der Waals surface area contributed by atoms with Gasteiger partial charge in [-0.25, -0.2) is 0 Å². The van der Waals surface area contributed by atoms with Gasteiger partial charge in [-0.3, -0.25) is 9.59 Å². The lowest BCUT2D eigenvalue weighted by Gasteiger charge is -2.13. The molecule has 0 spiro atoms. The molecule has 1 aromatic heterocycles. The zero-order chi connectivity index (χ0) is 19.2. The number of hydrogen-bond donors (Lipinski definition) is 1. The normalized spacial score (nSPS) is 10.4. The first-order chi connectivity index (χ1) is 13.0. The first kappa shape index (κ1) is 18.5. The van der Waals surface area contributed by atoms with Gasteiger partial charge in [-0.1, -0.05) is 48.0 Å². The number of pyridine rings is 1. The lowest BCUT2D eigenvalue weighted by molar-refractivity contribution is 0.0950. The van der Waals surface area contributed by atoms with Crippen LogP contribution in [0.25, 0.3) is 0 Å². The van der Waals surface area contributed by atoms with E-state index >= 15 is 0 Å². The Morgan fingerprint density at radius 2 is 1.78 bits per heavy atom. The quantitative estimate of drug-likeness (QED) is 0.732. The molecule has 27 heavy (non-hydrogen) atoms. The summed E-state index contributed by atoms with van der Waals surface area (Å²) in [7, 11) is 1.82. The minimum Gasteiger partial charge on any atom is -0.483 e. The van der Waals surface area contributed by atoms with Crippen LogP contribution in [0, 0.1) is 6.92 Å². The van der Waals surface area contributed by atoms with Crippen molar-refractivity contribution in [2.45, 2.75) is 20.1 Å². The molecule has 5 nitrogen and oxygen atoms in total. The summed E-state index contributed by atoms with van der Waals surface area (Å²) in [4.78, 5) is 24.5. The third-order valence-electron chi connectivity index (χ3n) is 4.29. The predicted molar refractivity (Wildman–Crippen MR) is 105 cm³/mol. The van der Waals surface area contributed by atoms with Gasteiger partial charge in [0, 0.05) is 24.4 Å². The van der Waals surface area contributed by atoms with Crippen LogP contribution in [-0.2, 0) is 20.2 Å². The van der Waals surface area contributed by atoms with Crippen molar-refractivity contribution in [3.8, 4) is 5.75 Å². The number of carbonyl (C=O) groups excluding carboxylic acids is 1. The third kappa shape index (κ3) is 4.85. The molecule has 0 saturated carbocycles. The van der Waals surface area contributed by atoms with E-state index in [2.05, 4.69) is 5.32 Å². The van der Waals surface area contributed by atoms with Gasteiger partial charge in [0.1, 0.15) is 6.61 Å². The number of aromatic nitrogens is 1. The van der Waals surface area contributed by atoms with Crippen LogP contribution in [0.5, 0.6) is 5.75 Å².